The van der Waals surface area contributed by atoms with Gasteiger partial charge in [0.2, 0.25) is 0 Å². The minimum absolute atomic E-state index is 0.322. The number of hydrogen-bond acceptors (Lipinski definition) is 4. The summed E-state index contributed by atoms with van der Waals surface area (Å²) in [5.74, 6) is -0.504. The number of esters is 1. The number of fused-ring (bicyclic) bond motifs is 1. The Bertz CT molecular complexity index is 940. The van der Waals surface area contributed by atoms with Crippen LogP contribution in [-0.4, -0.2) is 24.1 Å². The van der Waals surface area contributed by atoms with Gasteiger partial charge in [-0.2, -0.15) is 0 Å². The fourth-order valence-electron chi connectivity index (χ4n) is 2.85. The van der Waals surface area contributed by atoms with Gasteiger partial charge in [-0.1, -0.05) is 42.0 Å². The lowest BCUT2D eigenvalue weighted by Gasteiger charge is -2.16. The molecule has 0 radical (unpaired) electrons. The topological polar surface area (TPSA) is 51.2 Å². The van der Waals surface area contributed by atoms with E-state index >= 15 is 0 Å². The van der Waals surface area contributed by atoms with Crippen LogP contribution in [-0.2, 0) is 9.53 Å². The first-order valence-electron chi connectivity index (χ1n) is 8.00. The van der Waals surface area contributed by atoms with Crippen LogP contribution in [0.2, 0.25) is 0 Å². The zero-order chi connectivity index (χ0) is 18.0. The summed E-state index contributed by atoms with van der Waals surface area (Å²) in [4.78, 5) is 16.0. The Labute approximate surface area is 145 Å². The number of pyridine rings is 1. The van der Waals surface area contributed by atoms with E-state index in [9.17, 15) is 9.18 Å². The molecule has 0 spiro atoms. The lowest BCUT2D eigenvalue weighted by molar-refractivity contribution is -0.141. The first-order valence-corrected chi connectivity index (χ1v) is 8.00. The summed E-state index contributed by atoms with van der Waals surface area (Å²) in [5, 5.41) is 4.04. The fraction of sp³-hybridized carbons (Fsp3) is 0.200. The number of rotatable bonds is 4. The maximum absolute atomic E-state index is 14.6. The Hall–Kier alpha value is -2.95. The predicted octanol–water partition coefficient (Wildman–Crippen LogP) is 4.32. The number of benzene rings is 2. The smallest absolute Gasteiger partial charge is 0.328 e. The maximum Gasteiger partial charge on any atom is 0.328 e. The van der Waals surface area contributed by atoms with Gasteiger partial charge >= 0.3 is 5.97 Å². The molecule has 3 rings (SSSR count). The number of nitrogens with zero attached hydrogens (tertiary/aromatic N) is 1. The molecule has 0 amide bonds. The average Bonchev–Trinajstić information content (AvgIpc) is 2.61. The van der Waals surface area contributed by atoms with E-state index in [4.69, 9.17) is 4.74 Å². The van der Waals surface area contributed by atoms with Crippen molar-refractivity contribution in [2.45, 2.75) is 19.9 Å². The van der Waals surface area contributed by atoms with E-state index in [1.165, 1.54) is 13.2 Å². The number of aromatic nitrogens is 1. The predicted molar refractivity (Wildman–Crippen MR) is 97.0 cm³/mol. The van der Waals surface area contributed by atoms with Crippen molar-refractivity contribution in [1.82, 2.24) is 4.98 Å². The highest BCUT2D eigenvalue weighted by molar-refractivity contribution is 6.02. The van der Waals surface area contributed by atoms with Crippen molar-refractivity contribution in [3.05, 3.63) is 60.0 Å². The van der Waals surface area contributed by atoms with Gasteiger partial charge < -0.3 is 10.1 Å². The van der Waals surface area contributed by atoms with E-state index in [0.29, 0.717) is 11.2 Å². The second-order valence-corrected chi connectivity index (χ2v) is 5.94. The largest absolute Gasteiger partial charge is 0.467 e. The van der Waals surface area contributed by atoms with Crippen molar-refractivity contribution in [2.75, 3.05) is 12.4 Å². The van der Waals surface area contributed by atoms with Crippen LogP contribution in [0.4, 0.5) is 10.2 Å². The van der Waals surface area contributed by atoms with Crippen molar-refractivity contribution in [3.8, 4) is 11.1 Å². The summed E-state index contributed by atoms with van der Waals surface area (Å²) in [6.07, 6.45) is 1.70. The molecule has 3 aromatic rings. The molecule has 128 valence electrons. The minimum atomic E-state index is -0.634. The molecular weight excluding hydrogens is 319 g/mol. The molecule has 0 aliphatic rings. The zero-order valence-corrected chi connectivity index (χ0v) is 14.3. The molecule has 4 nitrogen and oxygen atoms in total. The minimum Gasteiger partial charge on any atom is -0.467 e. The standard InChI is InChI=1S/C20H19FN2O2/c1-12-6-4-7-14(10-12)16-11-22-19(23-13(2)20(24)25-3)18-15(16)8-5-9-17(18)21/h4-11,13H,1-3H3,(H,22,23). The molecule has 25 heavy (non-hydrogen) atoms. The summed E-state index contributed by atoms with van der Waals surface area (Å²) in [6.45, 7) is 3.66. The van der Waals surface area contributed by atoms with E-state index in [1.54, 1.807) is 19.2 Å². The van der Waals surface area contributed by atoms with Crippen molar-refractivity contribution in [1.29, 1.82) is 0 Å². The summed E-state index contributed by atoms with van der Waals surface area (Å²) in [5.41, 5.74) is 2.92. The Kier molecular flexibility index (Phi) is 4.65. The van der Waals surface area contributed by atoms with Crippen LogP contribution < -0.4 is 5.32 Å². The second-order valence-electron chi connectivity index (χ2n) is 5.94. The van der Waals surface area contributed by atoms with Crippen LogP contribution in [0.15, 0.2) is 48.7 Å². The van der Waals surface area contributed by atoms with Crippen LogP contribution in [0.5, 0.6) is 0 Å². The van der Waals surface area contributed by atoms with E-state index < -0.39 is 12.0 Å². The molecule has 0 fully saturated rings. The van der Waals surface area contributed by atoms with E-state index in [0.717, 1.165) is 22.1 Å². The lowest BCUT2D eigenvalue weighted by Crippen LogP contribution is -2.27. The Morgan fingerprint density at radius 2 is 2.00 bits per heavy atom. The molecule has 1 heterocycles. The van der Waals surface area contributed by atoms with Gasteiger partial charge in [-0.25, -0.2) is 14.2 Å². The summed E-state index contributed by atoms with van der Waals surface area (Å²) in [6, 6.07) is 12.2. The van der Waals surface area contributed by atoms with Gasteiger partial charge in [0.25, 0.3) is 0 Å². The molecule has 0 aliphatic carbocycles. The summed E-state index contributed by atoms with van der Waals surface area (Å²) in [7, 11) is 1.31. The van der Waals surface area contributed by atoms with Crippen LogP contribution in [0.3, 0.4) is 0 Å². The number of anilines is 1. The molecular formula is C20H19FN2O2. The van der Waals surface area contributed by atoms with E-state index in [1.807, 2.05) is 37.3 Å². The number of hydrogen-bond donors (Lipinski definition) is 1. The van der Waals surface area contributed by atoms with Crippen LogP contribution in [0, 0.1) is 12.7 Å². The molecule has 1 unspecified atom stereocenters. The third-order valence-corrected chi connectivity index (χ3v) is 4.10. The molecule has 1 N–H and O–H groups in total. The Morgan fingerprint density at radius 3 is 2.72 bits per heavy atom. The number of halogens is 1. The third kappa shape index (κ3) is 3.31. The molecule has 1 atom stereocenters. The monoisotopic (exact) mass is 338 g/mol. The number of carbonyl (C=O) groups is 1. The van der Waals surface area contributed by atoms with Gasteiger partial charge in [-0.3, -0.25) is 0 Å². The summed E-state index contributed by atoms with van der Waals surface area (Å²) < 4.78 is 19.3. The van der Waals surface area contributed by atoms with Gasteiger partial charge in [-0.15, -0.1) is 0 Å². The first kappa shape index (κ1) is 16.9. The fourth-order valence-corrected chi connectivity index (χ4v) is 2.85. The van der Waals surface area contributed by atoms with Crippen molar-refractivity contribution in [2.24, 2.45) is 0 Å². The summed E-state index contributed by atoms with van der Waals surface area (Å²) >= 11 is 0. The van der Waals surface area contributed by atoms with E-state index in [-0.39, 0.29) is 5.82 Å². The average molecular weight is 338 g/mol. The van der Waals surface area contributed by atoms with Crippen molar-refractivity contribution < 1.29 is 13.9 Å². The molecule has 0 saturated heterocycles. The third-order valence-electron chi connectivity index (χ3n) is 4.10. The molecule has 1 aromatic heterocycles. The highest BCUT2D eigenvalue weighted by Crippen LogP contribution is 2.33. The molecule has 2 aromatic carbocycles. The molecule has 5 heteroatoms. The maximum atomic E-state index is 14.6. The van der Waals surface area contributed by atoms with E-state index in [2.05, 4.69) is 10.3 Å². The van der Waals surface area contributed by atoms with Crippen LogP contribution >= 0.6 is 0 Å². The number of methoxy groups -OCH3 is 1. The van der Waals surface area contributed by atoms with Crippen LogP contribution in [0.25, 0.3) is 21.9 Å². The molecule has 0 aliphatic heterocycles. The second kappa shape index (κ2) is 6.89. The van der Waals surface area contributed by atoms with Gasteiger partial charge in [0, 0.05) is 11.8 Å². The van der Waals surface area contributed by atoms with Gasteiger partial charge in [0.05, 0.1) is 12.5 Å². The van der Waals surface area contributed by atoms with Crippen molar-refractivity contribution in [3.63, 3.8) is 0 Å². The Morgan fingerprint density at radius 1 is 1.24 bits per heavy atom. The highest BCUT2D eigenvalue weighted by atomic mass is 19.1. The van der Waals surface area contributed by atoms with Gasteiger partial charge in [0.15, 0.2) is 0 Å². The normalized spacial score (nSPS) is 12.0. The van der Waals surface area contributed by atoms with Crippen LogP contribution in [0.1, 0.15) is 12.5 Å². The SMILES string of the molecule is COC(=O)C(C)Nc1ncc(-c2cccc(C)c2)c2cccc(F)c12. The number of ether oxygens (including phenoxy) is 1. The van der Waals surface area contributed by atoms with Crippen molar-refractivity contribution >= 4 is 22.6 Å². The Balaban J connectivity index is 2.16. The quantitative estimate of drug-likeness (QED) is 0.720. The van der Waals surface area contributed by atoms with Gasteiger partial charge in [0.1, 0.15) is 17.7 Å². The molecule has 0 bridgehead atoms. The zero-order valence-electron chi connectivity index (χ0n) is 14.3. The highest BCUT2D eigenvalue weighted by Gasteiger charge is 2.18. The first-order chi connectivity index (χ1) is 12.0. The lowest BCUT2D eigenvalue weighted by atomic mass is 9.99. The molecule has 0 saturated carbocycles. The number of nitrogens with one attached hydrogen (secondary N) is 1. The number of carbonyl (C=O) groups excluding carboxylic acids is 1. The van der Waals surface area contributed by atoms with Gasteiger partial charge in [-0.05, 0) is 30.9 Å². The number of aryl methyl sites for hydroxylation is 1.